The zero-order valence-corrected chi connectivity index (χ0v) is 20.9. The Morgan fingerprint density at radius 2 is 1.97 bits per heavy atom. The van der Waals surface area contributed by atoms with E-state index < -0.39 is 0 Å². The van der Waals surface area contributed by atoms with Crippen LogP contribution in [0.2, 0.25) is 0 Å². The van der Waals surface area contributed by atoms with Gasteiger partial charge in [-0.25, -0.2) is 4.98 Å². The third-order valence-corrected chi connectivity index (χ3v) is 6.81. The first-order chi connectivity index (χ1) is 15.8. The van der Waals surface area contributed by atoms with Crippen LogP contribution in [-0.4, -0.2) is 17.4 Å². The van der Waals surface area contributed by atoms with Gasteiger partial charge in [-0.15, -0.1) is 0 Å². The maximum Gasteiger partial charge on any atom is 0.226 e. The molecule has 0 bridgehead atoms. The average molecular weight is 450 g/mol. The average Bonchev–Trinajstić information content (AvgIpc) is 3.20. The van der Waals surface area contributed by atoms with Gasteiger partial charge in [-0.1, -0.05) is 45.9 Å². The van der Waals surface area contributed by atoms with Crippen molar-refractivity contribution in [3.8, 4) is 11.5 Å². The summed E-state index contributed by atoms with van der Waals surface area (Å²) in [5, 5.41) is 0. The normalized spacial score (nSPS) is 18.2. The topological polar surface area (TPSA) is 52.3 Å². The second-order valence-corrected chi connectivity index (χ2v) is 9.66. The van der Waals surface area contributed by atoms with Gasteiger partial charge in [-0.05, 0) is 73.8 Å². The largest absolute Gasteiger partial charge is 0.494 e. The third kappa shape index (κ3) is 6.93. The molecule has 1 aliphatic carbocycles. The number of carbonyl (C=O) groups excluding carboxylic acids is 1. The van der Waals surface area contributed by atoms with Crippen LogP contribution in [0.25, 0.3) is 11.5 Å². The van der Waals surface area contributed by atoms with Gasteiger partial charge in [0.15, 0.2) is 0 Å². The summed E-state index contributed by atoms with van der Waals surface area (Å²) in [5.41, 5.74) is 3.21. The number of aryl methyl sites for hydroxylation is 2. The molecule has 1 aromatic carbocycles. The lowest BCUT2D eigenvalue weighted by molar-refractivity contribution is -0.120. The zero-order chi connectivity index (χ0) is 23.8. The van der Waals surface area contributed by atoms with Crippen LogP contribution in [0.4, 0.5) is 0 Å². The SMILES string of the molecule is CCC(=O)CC1CCCC=C(OCCc2nc(-c3ccc(CC)cc3)oc2C)C=CC1(C)C. The number of Topliss-reactive ketones (excluding diaryl/α,β-unsaturated/α-hetero) is 1. The van der Waals surface area contributed by atoms with Crippen LogP contribution in [0.5, 0.6) is 0 Å². The highest BCUT2D eigenvalue weighted by Crippen LogP contribution is 2.37. The molecule has 1 atom stereocenters. The van der Waals surface area contributed by atoms with E-state index in [9.17, 15) is 4.79 Å². The number of hydrogen-bond acceptors (Lipinski definition) is 4. The first kappa shape index (κ1) is 25.0. The van der Waals surface area contributed by atoms with E-state index in [-0.39, 0.29) is 5.41 Å². The predicted octanol–water partition coefficient (Wildman–Crippen LogP) is 7.41. The number of nitrogens with zero attached hydrogens (tertiary/aromatic N) is 1. The van der Waals surface area contributed by atoms with Crippen molar-refractivity contribution in [2.75, 3.05) is 6.61 Å². The number of aromatic nitrogens is 1. The predicted molar refractivity (Wildman–Crippen MR) is 134 cm³/mol. The van der Waals surface area contributed by atoms with E-state index in [0.29, 0.717) is 43.5 Å². The molecule has 3 rings (SSSR count). The minimum atomic E-state index is -0.0391. The van der Waals surface area contributed by atoms with Crippen molar-refractivity contribution in [3.63, 3.8) is 0 Å². The summed E-state index contributed by atoms with van der Waals surface area (Å²) in [5.74, 6) is 3.14. The molecule has 0 saturated carbocycles. The molecule has 178 valence electrons. The molecule has 1 heterocycles. The van der Waals surface area contributed by atoms with Gasteiger partial charge in [0, 0.05) is 24.8 Å². The van der Waals surface area contributed by atoms with Crippen LogP contribution in [0.1, 0.15) is 76.8 Å². The molecule has 4 nitrogen and oxygen atoms in total. The van der Waals surface area contributed by atoms with Crippen molar-refractivity contribution in [1.29, 1.82) is 0 Å². The van der Waals surface area contributed by atoms with Gasteiger partial charge in [0.05, 0.1) is 12.3 Å². The van der Waals surface area contributed by atoms with E-state index >= 15 is 0 Å². The van der Waals surface area contributed by atoms with Gasteiger partial charge in [-0.3, -0.25) is 4.79 Å². The fraction of sp³-hybridized carbons (Fsp3) is 0.517. The number of hydrogen-bond donors (Lipinski definition) is 0. The highest BCUT2D eigenvalue weighted by atomic mass is 16.5. The van der Waals surface area contributed by atoms with Crippen LogP contribution in [0.15, 0.2) is 52.7 Å². The lowest BCUT2D eigenvalue weighted by Crippen LogP contribution is -2.24. The van der Waals surface area contributed by atoms with Gasteiger partial charge >= 0.3 is 0 Å². The number of benzene rings is 1. The second kappa shape index (κ2) is 11.5. The molecule has 0 amide bonds. The Balaban J connectivity index is 1.60. The Hall–Kier alpha value is -2.62. The Bertz CT molecular complexity index is 979. The minimum absolute atomic E-state index is 0.0391. The first-order valence-corrected chi connectivity index (χ1v) is 12.4. The van der Waals surface area contributed by atoms with Crippen molar-refractivity contribution >= 4 is 5.78 Å². The maximum atomic E-state index is 12.1. The Labute approximate surface area is 199 Å². The zero-order valence-electron chi connectivity index (χ0n) is 20.9. The summed E-state index contributed by atoms with van der Waals surface area (Å²) in [6, 6.07) is 8.39. The maximum absolute atomic E-state index is 12.1. The van der Waals surface area contributed by atoms with Crippen LogP contribution in [-0.2, 0) is 22.4 Å². The van der Waals surface area contributed by atoms with Crippen molar-refractivity contribution in [3.05, 3.63) is 65.3 Å². The summed E-state index contributed by atoms with van der Waals surface area (Å²) >= 11 is 0. The van der Waals surface area contributed by atoms with Gasteiger partial charge < -0.3 is 9.15 Å². The molecule has 0 fully saturated rings. The number of ether oxygens (including phenoxy) is 1. The highest BCUT2D eigenvalue weighted by Gasteiger charge is 2.28. The second-order valence-electron chi connectivity index (χ2n) is 9.66. The van der Waals surface area contributed by atoms with E-state index in [1.807, 2.05) is 13.8 Å². The number of ketones is 1. The van der Waals surface area contributed by atoms with Crippen LogP contribution < -0.4 is 0 Å². The van der Waals surface area contributed by atoms with Crippen molar-refractivity contribution in [1.82, 2.24) is 4.98 Å². The van der Waals surface area contributed by atoms with Gasteiger partial charge in [-0.2, -0.15) is 0 Å². The summed E-state index contributed by atoms with van der Waals surface area (Å²) in [4.78, 5) is 16.8. The quantitative estimate of drug-likeness (QED) is 0.400. The van der Waals surface area contributed by atoms with E-state index in [1.54, 1.807) is 0 Å². The summed E-state index contributed by atoms with van der Waals surface area (Å²) < 4.78 is 12.1. The Morgan fingerprint density at radius 1 is 1.21 bits per heavy atom. The molecule has 33 heavy (non-hydrogen) atoms. The van der Waals surface area contributed by atoms with E-state index in [1.165, 1.54) is 5.56 Å². The standard InChI is InChI=1S/C29H39NO3/c1-6-22-12-14-23(15-13-22)28-30-27(21(3)33-28)17-19-32-26-11-9-8-10-24(20-25(31)7-2)29(4,5)18-16-26/h11-16,18,24H,6-10,17,19-20H2,1-5H3. The highest BCUT2D eigenvalue weighted by molar-refractivity contribution is 5.78. The van der Waals surface area contributed by atoms with Crippen LogP contribution >= 0.6 is 0 Å². The molecular weight excluding hydrogens is 410 g/mol. The van der Waals surface area contributed by atoms with Gasteiger partial charge in [0.1, 0.15) is 17.3 Å². The monoisotopic (exact) mass is 449 g/mol. The molecule has 0 N–H and O–H groups in total. The summed E-state index contributed by atoms with van der Waals surface area (Å²) in [7, 11) is 0. The fourth-order valence-electron chi connectivity index (χ4n) is 4.30. The Morgan fingerprint density at radius 3 is 2.67 bits per heavy atom. The molecular formula is C29H39NO3. The molecule has 1 aliphatic rings. The van der Waals surface area contributed by atoms with Gasteiger partial charge in [0.2, 0.25) is 5.89 Å². The van der Waals surface area contributed by atoms with Crippen molar-refractivity contribution < 1.29 is 13.9 Å². The van der Waals surface area contributed by atoms with Crippen LogP contribution in [0.3, 0.4) is 0 Å². The fourth-order valence-corrected chi connectivity index (χ4v) is 4.30. The molecule has 1 aromatic heterocycles. The third-order valence-electron chi connectivity index (χ3n) is 6.81. The lowest BCUT2D eigenvalue weighted by Gasteiger charge is -2.31. The molecule has 0 radical (unpaired) electrons. The van der Waals surface area contributed by atoms with E-state index in [2.05, 4.69) is 63.3 Å². The molecule has 1 unspecified atom stereocenters. The van der Waals surface area contributed by atoms with Gasteiger partial charge in [0.25, 0.3) is 0 Å². The number of oxazole rings is 1. The smallest absolute Gasteiger partial charge is 0.226 e. The Kier molecular flexibility index (Phi) is 8.71. The van der Waals surface area contributed by atoms with Crippen molar-refractivity contribution in [2.45, 2.75) is 79.6 Å². The summed E-state index contributed by atoms with van der Waals surface area (Å²) in [6.07, 6.45) is 12.6. The molecule has 4 heteroatoms. The number of carbonyl (C=O) groups is 1. The van der Waals surface area contributed by atoms with Crippen molar-refractivity contribution in [2.24, 2.45) is 11.3 Å². The summed E-state index contributed by atoms with van der Waals surface area (Å²) in [6.45, 7) is 11.1. The van der Waals surface area contributed by atoms with E-state index in [4.69, 9.17) is 14.1 Å². The number of rotatable bonds is 9. The van der Waals surface area contributed by atoms with E-state index in [0.717, 1.165) is 48.5 Å². The molecule has 2 aromatic rings. The molecule has 0 aliphatic heterocycles. The molecule has 0 saturated heterocycles. The minimum Gasteiger partial charge on any atom is -0.494 e. The first-order valence-electron chi connectivity index (χ1n) is 12.4. The molecule has 0 spiro atoms. The number of allylic oxidation sites excluding steroid dienone is 3. The lowest BCUT2D eigenvalue weighted by atomic mass is 9.73. The van der Waals surface area contributed by atoms with Crippen LogP contribution in [0, 0.1) is 18.3 Å².